The third kappa shape index (κ3) is 3.49. The number of carbonyl (C=O) groups is 1. The molecule has 2 atom stereocenters. The van der Waals surface area contributed by atoms with Crippen molar-refractivity contribution in [3.63, 3.8) is 0 Å². The van der Waals surface area contributed by atoms with E-state index < -0.39 is 5.56 Å². The zero-order valence-corrected chi connectivity index (χ0v) is 14.5. The molecule has 3 heterocycles. The van der Waals surface area contributed by atoms with E-state index in [2.05, 4.69) is 5.10 Å². The van der Waals surface area contributed by atoms with Crippen LogP contribution in [0.4, 0.5) is 5.69 Å². The van der Waals surface area contributed by atoms with E-state index in [1.165, 1.54) is 11.3 Å². The number of thiophene rings is 1. The minimum Gasteiger partial charge on any atom is -0.394 e. The molecule has 2 N–H and O–H groups in total. The lowest BCUT2D eigenvalue weighted by atomic mass is 10.2. The summed E-state index contributed by atoms with van der Waals surface area (Å²) in [7, 11) is 0. The molecule has 24 heavy (non-hydrogen) atoms. The highest BCUT2D eigenvalue weighted by atomic mass is 32.1. The summed E-state index contributed by atoms with van der Waals surface area (Å²) in [5.74, 6) is -0.158. The van der Waals surface area contributed by atoms with Gasteiger partial charge in [-0.15, -0.1) is 11.3 Å². The molecule has 0 aliphatic carbocycles. The third-order valence-corrected chi connectivity index (χ3v) is 4.73. The van der Waals surface area contributed by atoms with Crippen molar-refractivity contribution in [2.24, 2.45) is 0 Å². The highest BCUT2D eigenvalue weighted by Gasteiger charge is 2.26. The predicted octanol–water partition coefficient (Wildman–Crippen LogP) is 1.19. The monoisotopic (exact) mass is 348 g/mol. The summed E-state index contributed by atoms with van der Waals surface area (Å²) in [4.78, 5) is 27.4. The van der Waals surface area contributed by atoms with E-state index >= 15 is 0 Å². The van der Waals surface area contributed by atoms with Gasteiger partial charge in [-0.25, -0.2) is 4.68 Å². The Bertz CT molecular complexity index is 777. The number of morpholine rings is 1. The molecule has 0 radical (unpaired) electrons. The van der Waals surface area contributed by atoms with Crippen molar-refractivity contribution in [2.75, 3.05) is 18.8 Å². The number of rotatable bonds is 3. The van der Waals surface area contributed by atoms with Gasteiger partial charge in [-0.3, -0.25) is 9.59 Å². The summed E-state index contributed by atoms with van der Waals surface area (Å²) in [6.07, 6.45) is -0.0465. The van der Waals surface area contributed by atoms with Crippen LogP contribution in [0.2, 0.25) is 0 Å². The third-order valence-electron chi connectivity index (χ3n) is 3.83. The van der Waals surface area contributed by atoms with Gasteiger partial charge in [0.2, 0.25) is 5.91 Å². The van der Waals surface area contributed by atoms with Gasteiger partial charge in [0.05, 0.1) is 17.1 Å². The van der Waals surface area contributed by atoms with E-state index in [-0.39, 0.29) is 30.3 Å². The van der Waals surface area contributed by atoms with E-state index in [0.29, 0.717) is 18.8 Å². The number of amides is 1. The molecule has 0 saturated carbocycles. The zero-order valence-electron chi connectivity index (χ0n) is 13.6. The molecule has 1 aliphatic rings. The number of nitrogen functional groups attached to an aromatic ring is 1. The smallest absolute Gasteiger partial charge is 0.290 e. The van der Waals surface area contributed by atoms with E-state index in [9.17, 15) is 9.59 Å². The second-order valence-corrected chi connectivity index (χ2v) is 6.93. The molecule has 0 spiro atoms. The average molecular weight is 348 g/mol. The number of hydrogen-bond donors (Lipinski definition) is 1. The Morgan fingerprint density at radius 1 is 1.42 bits per heavy atom. The van der Waals surface area contributed by atoms with Crippen molar-refractivity contribution < 1.29 is 9.53 Å². The fraction of sp³-hybridized carbons (Fsp3) is 0.438. The molecule has 3 rings (SSSR count). The molecule has 1 saturated heterocycles. The lowest BCUT2D eigenvalue weighted by Gasteiger charge is -2.35. The van der Waals surface area contributed by atoms with Gasteiger partial charge in [0, 0.05) is 13.1 Å². The Kier molecular flexibility index (Phi) is 4.68. The quantitative estimate of drug-likeness (QED) is 0.900. The standard InChI is InChI=1S/C16H20N4O3S/c1-10-7-19(8-11(2)23-10)15(21)9-20-16(22)12(17)6-13(18-20)14-4-3-5-24-14/h3-6,10-11H,7-9,17H2,1-2H3/t10-,11+. The van der Waals surface area contributed by atoms with Gasteiger partial charge in [-0.05, 0) is 31.4 Å². The molecule has 7 nitrogen and oxygen atoms in total. The number of ether oxygens (including phenoxy) is 1. The Morgan fingerprint density at radius 2 is 2.12 bits per heavy atom. The average Bonchev–Trinajstić information content (AvgIpc) is 3.05. The molecule has 2 aromatic heterocycles. The lowest BCUT2D eigenvalue weighted by molar-refractivity contribution is -0.144. The van der Waals surface area contributed by atoms with Crippen molar-refractivity contribution >= 4 is 22.9 Å². The number of nitrogens with two attached hydrogens (primary N) is 1. The summed E-state index contributed by atoms with van der Waals surface area (Å²) in [5, 5.41) is 6.23. The number of nitrogens with zero attached hydrogens (tertiary/aromatic N) is 3. The minimum atomic E-state index is -0.446. The molecule has 2 aromatic rings. The maximum absolute atomic E-state index is 12.6. The van der Waals surface area contributed by atoms with Gasteiger partial charge in [-0.2, -0.15) is 5.10 Å². The Balaban J connectivity index is 1.84. The van der Waals surface area contributed by atoms with E-state index in [1.807, 2.05) is 31.4 Å². The molecule has 0 aromatic carbocycles. The summed E-state index contributed by atoms with van der Waals surface area (Å²) in [6.45, 7) is 4.75. The summed E-state index contributed by atoms with van der Waals surface area (Å²) in [5.41, 5.74) is 6.05. The number of hydrogen-bond acceptors (Lipinski definition) is 6. The molecule has 8 heteroatoms. The lowest BCUT2D eigenvalue weighted by Crippen LogP contribution is -2.49. The SMILES string of the molecule is C[C@@H]1CN(C(=O)Cn2nc(-c3cccs3)cc(N)c2=O)C[C@H](C)O1. The molecule has 1 fully saturated rings. The molecule has 0 bridgehead atoms. The van der Waals surface area contributed by atoms with Crippen LogP contribution in [0.5, 0.6) is 0 Å². The largest absolute Gasteiger partial charge is 0.394 e. The molecular formula is C16H20N4O3S. The second-order valence-electron chi connectivity index (χ2n) is 5.98. The van der Waals surface area contributed by atoms with Gasteiger partial charge in [0.1, 0.15) is 17.9 Å². The van der Waals surface area contributed by atoms with E-state index in [4.69, 9.17) is 10.5 Å². The summed E-state index contributed by atoms with van der Waals surface area (Å²) < 4.78 is 6.78. The van der Waals surface area contributed by atoms with Gasteiger partial charge in [0.25, 0.3) is 5.56 Å². The zero-order chi connectivity index (χ0) is 17.3. The van der Waals surface area contributed by atoms with Crippen LogP contribution in [-0.2, 0) is 16.1 Å². The van der Waals surface area contributed by atoms with Crippen LogP contribution in [0.1, 0.15) is 13.8 Å². The van der Waals surface area contributed by atoms with Crippen LogP contribution in [0.3, 0.4) is 0 Å². The van der Waals surface area contributed by atoms with E-state index in [0.717, 1.165) is 9.56 Å². The maximum atomic E-state index is 12.6. The summed E-state index contributed by atoms with van der Waals surface area (Å²) >= 11 is 1.50. The maximum Gasteiger partial charge on any atom is 0.290 e. The minimum absolute atomic E-state index is 0.0232. The van der Waals surface area contributed by atoms with Crippen molar-refractivity contribution in [1.29, 1.82) is 0 Å². The van der Waals surface area contributed by atoms with Crippen LogP contribution in [0.25, 0.3) is 10.6 Å². The van der Waals surface area contributed by atoms with Crippen molar-refractivity contribution in [3.05, 3.63) is 33.9 Å². The number of aromatic nitrogens is 2. The fourth-order valence-corrected chi connectivity index (χ4v) is 3.51. The van der Waals surface area contributed by atoms with Gasteiger partial charge < -0.3 is 15.4 Å². The van der Waals surface area contributed by atoms with Crippen molar-refractivity contribution in [2.45, 2.75) is 32.6 Å². The normalized spacial score (nSPS) is 21.0. The summed E-state index contributed by atoms with van der Waals surface area (Å²) in [6, 6.07) is 5.34. The topological polar surface area (TPSA) is 90.5 Å². The first-order valence-electron chi connectivity index (χ1n) is 7.79. The van der Waals surface area contributed by atoms with Crippen LogP contribution in [0.15, 0.2) is 28.4 Å². The molecule has 128 valence electrons. The molecule has 1 amide bonds. The number of anilines is 1. The Labute approximate surface area is 143 Å². The molecule has 0 unspecified atom stereocenters. The predicted molar refractivity (Wildman–Crippen MR) is 92.8 cm³/mol. The molecular weight excluding hydrogens is 328 g/mol. The Morgan fingerprint density at radius 3 is 2.75 bits per heavy atom. The fourth-order valence-electron chi connectivity index (χ4n) is 2.82. The molecule has 1 aliphatic heterocycles. The Hall–Kier alpha value is -2.19. The first kappa shape index (κ1) is 16.7. The highest BCUT2D eigenvalue weighted by molar-refractivity contribution is 7.13. The van der Waals surface area contributed by atoms with Crippen LogP contribution < -0.4 is 11.3 Å². The van der Waals surface area contributed by atoms with Crippen molar-refractivity contribution in [1.82, 2.24) is 14.7 Å². The second kappa shape index (κ2) is 6.74. The highest BCUT2D eigenvalue weighted by Crippen LogP contribution is 2.22. The van der Waals surface area contributed by atoms with Crippen LogP contribution in [0, 0.1) is 0 Å². The van der Waals surface area contributed by atoms with Gasteiger partial charge >= 0.3 is 0 Å². The van der Waals surface area contributed by atoms with Crippen LogP contribution >= 0.6 is 11.3 Å². The van der Waals surface area contributed by atoms with Gasteiger partial charge in [-0.1, -0.05) is 6.07 Å². The first-order chi connectivity index (χ1) is 11.4. The van der Waals surface area contributed by atoms with Crippen LogP contribution in [-0.4, -0.2) is 45.9 Å². The van der Waals surface area contributed by atoms with E-state index in [1.54, 1.807) is 11.0 Å². The number of carbonyl (C=O) groups excluding carboxylic acids is 1. The first-order valence-corrected chi connectivity index (χ1v) is 8.66. The van der Waals surface area contributed by atoms with Crippen molar-refractivity contribution in [3.8, 4) is 10.6 Å². The van der Waals surface area contributed by atoms with Gasteiger partial charge in [0.15, 0.2) is 0 Å².